The van der Waals surface area contributed by atoms with E-state index in [-0.39, 0.29) is 0 Å². The fraction of sp³-hybridized carbons (Fsp3) is 0. The van der Waals surface area contributed by atoms with E-state index < -0.39 is 5.78 Å². The highest BCUT2D eigenvalue weighted by atomic mass is 16.2. The van der Waals surface area contributed by atoms with Crippen LogP contribution < -0.4 is 0 Å². The van der Waals surface area contributed by atoms with Crippen LogP contribution in [0.1, 0.15) is 10.4 Å². The van der Waals surface area contributed by atoms with Crippen LogP contribution in [0, 0.1) is 0 Å². The van der Waals surface area contributed by atoms with E-state index in [9.17, 15) is 9.59 Å². The molecule has 0 fully saturated rings. The number of hydrogen-bond acceptors (Lipinski definition) is 2. The number of benzene rings is 5. The molecule has 0 amide bonds. The maximum Gasteiger partial charge on any atom is 0.226 e. The third-order valence-corrected chi connectivity index (χ3v) is 4.88. The van der Waals surface area contributed by atoms with Crippen LogP contribution in [-0.2, 0) is 4.79 Å². The quantitative estimate of drug-likeness (QED) is 0.149. The highest BCUT2D eigenvalue weighted by Crippen LogP contribution is 2.41. The van der Waals surface area contributed by atoms with Gasteiger partial charge in [-0.1, -0.05) is 60.7 Å². The molecule has 112 valence electrons. The average Bonchev–Trinajstić information content (AvgIpc) is 2.64. The van der Waals surface area contributed by atoms with Crippen LogP contribution in [-0.4, -0.2) is 12.1 Å². The van der Waals surface area contributed by atoms with E-state index in [0.29, 0.717) is 11.8 Å². The molecule has 0 N–H and O–H groups in total. The number of fused-ring (bicyclic) bond motifs is 2. The zero-order valence-corrected chi connectivity index (χ0v) is 12.7. The van der Waals surface area contributed by atoms with E-state index in [0.717, 1.165) is 37.7 Å². The lowest BCUT2D eigenvalue weighted by Gasteiger charge is -2.15. The Morgan fingerprint density at radius 3 is 1.88 bits per heavy atom. The third kappa shape index (κ3) is 1.55. The summed E-state index contributed by atoms with van der Waals surface area (Å²) in [4.78, 5) is 23.4. The van der Waals surface area contributed by atoms with E-state index in [4.69, 9.17) is 0 Å². The first-order chi connectivity index (χ1) is 11.8. The van der Waals surface area contributed by atoms with Gasteiger partial charge in [-0.05, 0) is 43.8 Å². The Labute approximate surface area is 137 Å². The summed E-state index contributed by atoms with van der Waals surface area (Å²) >= 11 is 0. The number of ketones is 1. The molecule has 0 atom stereocenters. The van der Waals surface area contributed by atoms with Gasteiger partial charge in [0.2, 0.25) is 5.78 Å². The van der Waals surface area contributed by atoms with Crippen LogP contribution in [0.4, 0.5) is 0 Å². The Morgan fingerprint density at radius 2 is 1.21 bits per heavy atom. The van der Waals surface area contributed by atoms with Crippen molar-refractivity contribution in [1.82, 2.24) is 0 Å². The number of carbonyl (C=O) groups excluding carboxylic acids is 2. The molecule has 5 aromatic rings. The fourth-order valence-electron chi connectivity index (χ4n) is 3.93. The molecule has 0 saturated heterocycles. The molecule has 0 aromatic heterocycles. The molecule has 0 aliphatic heterocycles. The summed E-state index contributed by atoms with van der Waals surface area (Å²) < 4.78 is 0. The first-order valence-electron chi connectivity index (χ1n) is 7.87. The molecule has 2 heteroatoms. The normalized spacial score (nSPS) is 11.7. The van der Waals surface area contributed by atoms with Crippen LogP contribution in [0.2, 0.25) is 0 Å². The second-order valence-corrected chi connectivity index (χ2v) is 6.08. The molecule has 5 aromatic carbocycles. The SMILES string of the molecule is O=CC(=O)c1ccc2cccc3c4cccc5cccc(c1c23)c54. The molecule has 2 nitrogen and oxygen atoms in total. The van der Waals surface area contributed by atoms with Crippen molar-refractivity contribution in [3.05, 3.63) is 72.3 Å². The summed E-state index contributed by atoms with van der Waals surface area (Å²) in [6, 6.07) is 22.3. The second kappa shape index (κ2) is 4.62. The Kier molecular flexibility index (Phi) is 2.54. The zero-order valence-electron chi connectivity index (χ0n) is 12.7. The first kappa shape index (κ1) is 13.2. The average molecular weight is 308 g/mol. The van der Waals surface area contributed by atoms with Crippen molar-refractivity contribution < 1.29 is 9.59 Å². The number of carbonyl (C=O) groups is 2. The lowest BCUT2D eigenvalue weighted by atomic mass is 9.87. The molecular formula is C22H12O2. The largest absolute Gasteiger partial charge is 0.294 e. The minimum absolute atomic E-state index is 0.404. The summed E-state index contributed by atoms with van der Waals surface area (Å²) in [5.41, 5.74) is 0.479. The van der Waals surface area contributed by atoms with Gasteiger partial charge in [-0.3, -0.25) is 9.59 Å². The molecule has 24 heavy (non-hydrogen) atoms. The van der Waals surface area contributed by atoms with Crippen molar-refractivity contribution in [2.45, 2.75) is 0 Å². The van der Waals surface area contributed by atoms with Gasteiger partial charge in [-0.25, -0.2) is 0 Å². The lowest BCUT2D eigenvalue weighted by Crippen LogP contribution is -2.02. The highest BCUT2D eigenvalue weighted by Gasteiger charge is 2.17. The van der Waals surface area contributed by atoms with E-state index in [1.165, 1.54) is 5.39 Å². The minimum atomic E-state index is -0.474. The molecule has 0 aliphatic rings. The Bertz CT molecular complexity index is 1280. The highest BCUT2D eigenvalue weighted by molar-refractivity contribution is 6.42. The van der Waals surface area contributed by atoms with Gasteiger partial charge in [0.1, 0.15) is 0 Å². The molecule has 0 spiro atoms. The monoisotopic (exact) mass is 308 g/mol. The maximum atomic E-state index is 12.2. The predicted molar refractivity (Wildman–Crippen MR) is 98.0 cm³/mol. The van der Waals surface area contributed by atoms with Crippen LogP contribution >= 0.6 is 0 Å². The summed E-state index contributed by atoms with van der Waals surface area (Å²) in [5, 5.41) is 8.62. The fourth-order valence-corrected chi connectivity index (χ4v) is 3.93. The molecule has 0 unspecified atom stereocenters. The van der Waals surface area contributed by atoms with Gasteiger partial charge in [0.05, 0.1) is 0 Å². The molecule has 0 bridgehead atoms. The van der Waals surface area contributed by atoms with E-state index in [1.54, 1.807) is 6.07 Å². The van der Waals surface area contributed by atoms with Crippen molar-refractivity contribution in [3.63, 3.8) is 0 Å². The molecule has 5 rings (SSSR count). The van der Waals surface area contributed by atoms with E-state index in [2.05, 4.69) is 30.3 Å². The summed E-state index contributed by atoms with van der Waals surface area (Å²) in [6.45, 7) is 0. The Balaban J connectivity index is 2.23. The van der Waals surface area contributed by atoms with Crippen molar-refractivity contribution in [2.24, 2.45) is 0 Å². The standard InChI is InChI=1S/C22H12O2/c23-12-19(24)17-11-10-14-6-2-8-16-15-7-1-4-13-5-3-9-18(20(13)15)22(17)21(14)16/h1-12H. The van der Waals surface area contributed by atoms with Crippen molar-refractivity contribution in [1.29, 1.82) is 0 Å². The van der Waals surface area contributed by atoms with Gasteiger partial charge in [0, 0.05) is 10.9 Å². The van der Waals surface area contributed by atoms with Crippen LogP contribution in [0.15, 0.2) is 66.7 Å². The Morgan fingerprint density at radius 1 is 0.625 bits per heavy atom. The van der Waals surface area contributed by atoms with Gasteiger partial charge in [-0.15, -0.1) is 0 Å². The molecular weight excluding hydrogens is 296 g/mol. The zero-order chi connectivity index (χ0) is 16.3. The molecule has 0 aliphatic carbocycles. The van der Waals surface area contributed by atoms with Crippen molar-refractivity contribution >= 4 is 55.2 Å². The summed E-state index contributed by atoms with van der Waals surface area (Å²) in [6.07, 6.45) is 0.404. The van der Waals surface area contributed by atoms with Gasteiger partial charge >= 0.3 is 0 Å². The number of Topliss-reactive ketones (excluding diaryl/α,β-unsaturated/α-hetero) is 1. The smallest absolute Gasteiger partial charge is 0.226 e. The van der Waals surface area contributed by atoms with Gasteiger partial charge < -0.3 is 0 Å². The number of rotatable bonds is 2. The van der Waals surface area contributed by atoms with Gasteiger partial charge in [-0.2, -0.15) is 0 Å². The van der Waals surface area contributed by atoms with E-state index in [1.807, 2.05) is 30.3 Å². The second-order valence-electron chi connectivity index (χ2n) is 6.08. The molecule has 0 saturated carbocycles. The number of aldehydes is 1. The predicted octanol–water partition coefficient (Wildman–Crippen LogP) is 5.12. The maximum absolute atomic E-state index is 12.2. The van der Waals surface area contributed by atoms with Gasteiger partial charge in [0.15, 0.2) is 6.29 Å². The third-order valence-electron chi connectivity index (χ3n) is 4.88. The lowest BCUT2D eigenvalue weighted by molar-refractivity contribution is -0.104. The van der Waals surface area contributed by atoms with Crippen LogP contribution in [0.25, 0.3) is 43.1 Å². The summed E-state index contributed by atoms with van der Waals surface area (Å²) in [7, 11) is 0. The topological polar surface area (TPSA) is 34.1 Å². The van der Waals surface area contributed by atoms with Crippen molar-refractivity contribution in [2.75, 3.05) is 0 Å². The minimum Gasteiger partial charge on any atom is -0.294 e. The van der Waals surface area contributed by atoms with E-state index >= 15 is 0 Å². The number of hydrogen-bond donors (Lipinski definition) is 0. The van der Waals surface area contributed by atoms with Crippen LogP contribution in [0.3, 0.4) is 0 Å². The molecule has 0 radical (unpaired) electrons. The Hall–Kier alpha value is -3.26. The summed E-state index contributed by atoms with van der Waals surface area (Å²) in [5.74, 6) is -0.474. The van der Waals surface area contributed by atoms with Crippen LogP contribution in [0.5, 0.6) is 0 Å². The van der Waals surface area contributed by atoms with Crippen molar-refractivity contribution in [3.8, 4) is 0 Å². The van der Waals surface area contributed by atoms with Gasteiger partial charge in [0.25, 0.3) is 0 Å². The first-order valence-corrected chi connectivity index (χ1v) is 7.87. The molecule has 0 heterocycles.